The van der Waals surface area contributed by atoms with Crippen molar-refractivity contribution in [1.82, 2.24) is 4.98 Å². The van der Waals surface area contributed by atoms with Crippen molar-refractivity contribution in [3.63, 3.8) is 0 Å². The molecule has 1 heterocycles. The zero-order valence-corrected chi connectivity index (χ0v) is 14.7. The van der Waals surface area contributed by atoms with Crippen LogP contribution in [0.1, 0.15) is 6.92 Å². The van der Waals surface area contributed by atoms with Crippen LogP contribution < -0.4 is 0 Å². The molecule has 1 atom stereocenters. The van der Waals surface area contributed by atoms with E-state index in [2.05, 4.69) is 17.6 Å². The topological polar surface area (TPSA) is 106 Å². The van der Waals surface area contributed by atoms with E-state index in [1.807, 2.05) is 36.4 Å². The monoisotopic (exact) mass is 372 g/mol. The number of rotatable bonds is 3. The average Bonchev–Trinajstić information content (AvgIpc) is 3.13. The van der Waals surface area contributed by atoms with Crippen molar-refractivity contribution >= 4 is 24.3 Å². The number of non-ortho nitro benzene ring substituents is 1. The fourth-order valence-electron chi connectivity index (χ4n) is 1.88. The SMILES string of the molecule is CC(S)C(=O)O.O=[N+]([O-])c1cc2ccc1=2.c1ccc(-c2cocn2)cc1. The number of carbonyl (C=O) groups is 1. The Kier molecular flexibility index (Phi) is 6.51. The quantitative estimate of drug-likeness (QED) is 0.321. The molecule has 4 rings (SSSR count). The third kappa shape index (κ3) is 4.93. The maximum Gasteiger partial charge on any atom is 0.316 e. The van der Waals surface area contributed by atoms with Gasteiger partial charge in [-0.15, -0.1) is 0 Å². The second kappa shape index (κ2) is 8.82. The minimum Gasteiger partial charge on any atom is -0.480 e. The number of benzene rings is 2. The standard InChI is InChI=1S/C9H7NO.C6H3NO2.C3H6O2S/c1-2-4-8(5-3-1)9-6-11-7-10-9;8-7(9)6-3-4-1-2-5(4)6;1-2(6)3(4)5/h1-7H;1-3H;2,6H,1H3,(H,4,5). The summed E-state index contributed by atoms with van der Waals surface area (Å²) in [5, 5.41) is 19.2. The summed E-state index contributed by atoms with van der Waals surface area (Å²) in [7, 11) is 0. The summed E-state index contributed by atoms with van der Waals surface area (Å²) in [6, 6.07) is 15.1. The fraction of sp³-hybridized carbons (Fsp3) is 0.111. The van der Waals surface area contributed by atoms with E-state index in [4.69, 9.17) is 9.52 Å². The second-order valence-corrected chi connectivity index (χ2v) is 6.02. The van der Waals surface area contributed by atoms with Gasteiger partial charge >= 0.3 is 5.97 Å². The molecule has 0 saturated carbocycles. The van der Waals surface area contributed by atoms with Crippen LogP contribution in [0.2, 0.25) is 0 Å². The molecule has 1 unspecified atom stereocenters. The second-order valence-electron chi connectivity index (χ2n) is 5.24. The molecule has 1 aromatic carbocycles. The minimum atomic E-state index is -0.877. The Balaban J connectivity index is 0.000000147. The molecule has 0 radical (unpaired) electrons. The summed E-state index contributed by atoms with van der Waals surface area (Å²) in [5.74, 6) is -0.877. The Morgan fingerprint density at radius 1 is 1.27 bits per heavy atom. The van der Waals surface area contributed by atoms with Gasteiger partial charge < -0.3 is 9.52 Å². The Hall–Kier alpha value is -3.13. The van der Waals surface area contributed by atoms with Crippen molar-refractivity contribution < 1.29 is 19.2 Å². The molecule has 8 heteroatoms. The van der Waals surface area contributed by atoms with Crippen LogP contribution >= 0.6 is 12.6 Å². The Labute approximate surface area is 154 Å². The van der Waals surface area contributed by atoms with Gasteiger partial charge in [-0.2, -0.15) is 12.6 Å². The summed E-state index contributed by atoms with van der Waals surface area (Å²) in [4.78, 5) is 23.3. The van der Waals surface area contributed by atoms with E-state index in [-0.39, 0.29) is 10.6 Å². The van der Waals surface area contributed by atoms with Gasteiger partial charge in [0.1, 0.15) is 12.0 Å². The number of aromatic nitrogens is 1. The van der Waals surface area contributed by atoms with E-state index in [9.17, 15) is 14.9 Å². The Bertz CT molecular complexity index is 973. The molecule has 134 valence electrons. The smallest absolute Gasteiger partial charge is 0.316 e. The molecule has 7 nitrogen and oxygen atoms in total. The molecule has 0 saturated heterocycles. The summed E-state index contributed by atoms with van der Waals surface area (Å²) in [6.45, 7) is 1.51. The van der Waals surface area contributed by atoms with E-state index >= 15 is 0 Å². The zero-order chi connectivity index (χ0) is 19.1. The van der Waals surface area contributed by atoms with Gasteiger partial charge in [-0.1, -0.05) is 36.4 Å². The molecule has 26 heavy (non-hydrogen) atoms. The third-order valence-corrected chi connectivity index (χ3v) is 3.59. The highest BCUT2D eigenvalue weighted by Gasteiger charge is 2.15. The van der Waals surface area contributed by atoms with Crippen LogP contribution in [0, 0.1) is 20.6 Å². The molecule has 2 aliphatic rings. The number of thiol groups is 1. The summed E-state index contributed by atoms with van der Waals surface area (Å²) < 4.78 is 4.86. The molecule has 2 aromatic rings. The first-order chi connectivity index (χ1) is 12.4. The number of nitro benzene ring substituents is 1. The molecule has 0 amide bonds. The lowest BCUT2D eigenvalue weighted by Crippen LogP contribution is -2.06. The van der Waals surface area contributed by atoms with Gasteiger partial charge in [-0.05, 0) is 18.2 Å². The first kappa shape index (κ1) is 19.2. The van der Waals surface area contributed by atoms with E-state index in [1.165, 1.54) is 13.3 Å². The molecule has 1 N–H and O–H groups in total. The lowest BCUT2D eigenvalue weighted by atomic mass is 10.1. The van der Waals surface area contributed by atoms with Crippen molar-refractivity contribution in [2.45, 2.75) is 12.2 Å². The van der Waals surface area contributed by atoms with E-state index in [1.54, 1.807) is 18.4 Å². The van der Waals surface area contributed by atoms with Crippen molar-refractivity contribution in [3.8, 4) is 11.3 Å². The number of hydrogen-bond acceptors (Lipinski definition) is 6. The molecule has 1 aromatic heterocycles. The maximum atomic E-state index is 10.0. The lowest BCUT2D eigenvalue weighted by molar-refractivity contribution is -0.386. The van der Waals surface area contributed by atoms with Crippen LogP contribution in [0.15, 0.2) is 65.6 Å². The largest absolute Gasteiger partial charge is 0.480 e. The van der Waals surface area contributed by atoms with Gasteiger partial charge in [-0.25, -0.2) is 4.98 Å². The third-order valence-electron chi connectivity index (χ3n) is 3.36. The number of nitrogens with zero attached hydrogens (tertiary/aromatic N) is 2. The van der Waals surface area contributed by atoms with Gasteiger partial charge in [0.15, 0.2) is 6.39 Å². The van der Waals surface area contributed by atoms with Crippen LogP contribution in [-0.4, -0.2) is 26.2 Å². The van der Waals surface area contributed by atoms with Crippen LogP contribution in [0.25, 0.3) is 11.3 Å². The van der Waals surface area contributed by atoms with Gasteiger partial charge in [-0.3, -0.25) is 14.9 Å². The van der Waals surface area contributed by atoms with Crippen LogP contribution in [0.5, 0.6) is 0 Å². The lowest BCUT2D eigenvalue weighted by Gasteiger charge is -2.01. The van der Waals surface area contributed by atoms with E-state index < -0.39 is 11.2 Å². The predicted octanol–water partition coefficient (Wildman–Crippen LogP) is 3.93. The van der Waals surface area contributed by atoms with Crippen molar-refractivity contribution in [3.05, 3.63) is 81.7 Å². The predicted molar refractivity (Wildman–Crippen MR) is 98.8 cm³/mol. The molecule has 2 aliphatic carbocycles. The van der Waals surface area contributed by atoms with E-state index in [0.29, 0.717) is 0 Å². The number of hydrogen-bond donors (Lipinski definition) is 2. The normalized spacial score (nSPS) is 11.2. The summed E-state index contributed by atoms with van der Waals surface area (Å²) >= 11 is 3.59. The Morgan fingerprint density at radius 3 is 2.23 bits per heavy atom. The highest BCUT2D eigenvalue weighted by atomic mass is 32.1. The molecule has 0 spiro atoms. The van der Waals surface area contributed by atoms with Crippen molar-refractivity contribution in [2.24, 2.45) is 0 Å². The minimum absolute atomic E-state index is 0.257. The van der Waals surface area contributed by atoms with Gasteiger partial charge in [0.2, 0.25) is 0 Å². The highest BCUT2D eigenvalue weighted by molar-refractivity contribution is 7.81. The van der Waals surface area contributed by atoms with Gasteiger partial charge in [0.25, 0.3) is 5.69 Å². The van der Waals surface area contributed by atoms with Crippen LogP contribution in [0.4, 0.5) is 5.69 Å². The molecule has 0 aliphatic heterocycles. The molecular weight excluding hydrogens is 356 g/mol. The molecule has 0 bridgehead atoms. The number of aliphatic carboxylic acids is 1. The first-order valence-electron chi connectivity index (χ1n) is 7.53. The number of carboxylic acids is 1. The van der Waals surface area contributed by atoms with Crippen molar-refractivity contribution in [2.75, 3.05) is 0 Å². The highest BCUT2D eigenvalue weighted by Crippen LogP contribution is 2.22. The number of carboxylic acid groups (broad SMARTS) is 1. The summed E-state index contributed by atoms with van der Waals surface area (Å²) in [6.07, 6.45) is 3.07. The van der Waals surface area contributed by atoms with Crippen molar-refractivity contribution in [1.29, 1.82) is 0 Å². The van der Waals surface area contributed by atoms with Crippen LogP contribution in [-0.2, 0) is 4.79 Å². The maximum absolute atomic E-state index is 10.0. The number of nitro groups is 1. The molecule has 0 fully saturated rings. The zero-order valence-electron chi connectivity index (χ0n) is 13.8. The Morgan fingerprint density at radius 2 is 1.92 bits per heavy atom. The average molecular weight is 372 g/mol. The number of oxazole rings is 1. The first-order valence-corrected chi connectivity index (χ1v) is 8.05. The fourth-order valence-corrected chi connectivity index (χ4v) is 1.88. The van der Waals surface area contributed by atoms with E-state index in [0.717, 1.165) is 21.7 Å². The van der Waals surface area contributed by atoms with Gasteiger partial charge in [0.05, 0.1) is 15.4 Å². The van der Waals surface area contributed by atoms with Crippen LogP contribution in [0.3, 0.4) is 0 Å². The summed E-state index contributed by atoms with van der Waals surface area (Å²) in [5.41, 5.74) is 2.22. The van der Waals surface area contributed by atoms with Gasteiger partial charge in [0, 0.05) is 11.6 Å². The molecular formula is C18H16N2O5S.